The van der Waals surface area contributed by atoms with Gasteiger partial charge in [0, 0.05) is 89.2 Å². The Hall–Kier alpha value is -6.04. The molecule has 16 nitrogen and oxygen atoms in total. The SMILES string of the molecule is [2H]C1([2H])N(CC2CCN(c3ccc(Nc4ncc5cc(C(=O)N(C)C)n(C6CCCC6)c5n4)nc3)CC2)C([2H])([2H])C([2H])([2H])N(c2c(F)cc3c(c2F)C(=O)N(C2CCC(=O)NC2=O)C3=O)C1([2H])[2H]. The van der Waals surface area contributed by atoms with Crippen LogP contribution >= 0.6 is 0 Å². The van der Waals surface area contributed by atoms with Crippen LogP contribution < -0.4 is 20.4 Å². The van der Waals surface area contributed by atoms with Crippen molar-refractivity contribution in [3.05, 3.63) is 65.1 Å². The molecule has 5 amide bonds. The topological polar surface area (TPSA) is 169 Å². The van der Waals surface area contributed by atoms with Gasteiger partial charge < -0.3 is 24.6 Å². The van der Waals surface area contributed by atoms with Crippen molar-refractivity contribution < 1.29 is 43.7 Å². The highest BCUT2D eigenvalue weighted by atomic mass is 19.1. The Kier molecular flexibility index (Phi) is 8.17. The van der Waals surface area contributed by atoms with Crippen LogP contribution in [0.2, 0.25) is 0 Å². The maximum Gasteiger partial charge on any atom is 0.270 e. The molecule has 3 aromatic heterocycles. The summed E-state index contributed by atoms with van der Waals surface area (Å²) in [4.78, 5) is 82.0. The Labute approximate surface area is 356 Å². The lowest BCUT2D eigenvalue weighted by Crippen LogP contribution is -2.54. The van der Waals surface area contributed by atoms with Crippen molar-refractivity contribution in [2.24, 2.45) is 5.92 Å². The van der Waals surface area contributed by atoms with Crippen molar-refractivity contribution in [1.82, 2.24) is 39.5 Å². The number of nitrogens with one attached hydrogen (secondary N) is 2. The second-order valence-corrected chi connectivity index (χ2v) is 15.8. The number of fused-ring (bicyclic) bond motifs is 2. The highest BCUT2D eigenvalue weighted by Crippen LogP contribution is 2.38. The third-order valence-corrected chi connectivity index (χ3v) is 11.7. The fourth-order valence-corrected chi connectivity index (χ4v) is 8.61. The number of amides is 5. The molecular weight excluding hydrogens is 777 g/mol. The molecule has 0 bridgehead atoms. The van der Waals surface area contributed by atoms with Crippen molar-refractivity contribution in [3.8, 4) is 0 Å². The van der Waals surface area contributed by atoms with E-state index in [1.165, 1.54) is 4.90 Å². The number of aromatic nitrogens is 4. The van der Waals surface area contributed by atoms with Gasteiger partial charge in [0.1, 0.15) is 34.7 Å². The van der Waals surface area contributed by atoms with Crippen LogP contribution in [0.3, 0.4) is 0 Å². The Morgan fingerprint density at radius 1 is 0.933 bits per heavy atom. The minimum absolute atomic E-state index is 0.121. The first-order chi connectivity index (χ1) is 32.0. The third-order valence-electron chi connectivity index (χ3n) is 11.7. The largest absolute Gasteiger partial charge is 0.370 e. The van der Waals surface area contributed by atoms with Gasteiger partial charge in [0.2, 0.25) is 17.8 Å². The van der Waals surface area contributed by atoms with Gasteiger partial charge in [-0.1, -0.05) is 12.8 Å². The first-order valence-corrected chi connectivity index (χ1v) is 19.9. The van der Waals surface area contributed by atoms with Crippen LogP contribution in [0.25, 0.3) is 11.0 Å². The number of rotatable bonds is 9. The lowest BCUT2D eigenvalue weighted by molar-refractivity contribution is -0.136. The number of imide groups is 2. The second kappa shape index (κ2) is 15.9. The van der Waals surface area contributed by atoms with Crippen LogP contribution in [-0.2, 0) is 9.59 Å². The number of anilines is 4. The first-order valence-electron chi connectivity index (χ1n) is 23.9. The van der Waals surface area contributed by atoms with E-state index in [-0.39, 0.29) is 29.7 Å². The van der Waals surface area contributed by atoms with Crippen LogP contribution in [0.5, 0.6) is 0 Å². The smallest absolute Gasteiger partial charge is 0.270 e. The van der Waals surface area contributed by atoms with Gasteiger partial charge in [-0.15, -0.1) is 0 Å². The van der Waals surface area contributed by atoms with Gasteiger partial charge in [0.15, 0.2) is 5.82 Å². The van der Waals surface area contributed by atoms with E-state index in [1.807, 2.05) is 26.9 Å². The number of nitrogens with zero attached hydrogens (tertiary/aromatic N) is 9. The maximum atomic E-state index is 16.6. The van der Waals surface area contributed by atoms with Crippen LogP contribution in [-0.4, -0.2) is 130 Å². The highest BCUT2D eigenvalue weighted by Gasteiger charge is 2.47. The zero-order chi connectivity index (χ0) is 49.0. The second-order valence-electron chi connectivity index (χ2n) is 15.8. The van der Waals surface area contributed by atoms with Crippen molar-refractivity contribution in [3.63, 3.8) is 0 Å². The molecular formula is C42H47F2N11O5. The van der Waals surface area contributed by atoms with E-state index in [0.29, 0.717) is 64.9 Å². The zero-order valence-corrected chi connectivity index (χ0v) is 32.8. The van der Waals surface area contributed by atoms with Crippen LogP contribution in [0.1, 0.15) is 99.6 Å². The Morgan fingerprint density at radius 2 is 1.68 bits per heavy atom. The summed E-state index contributed by atoms with van der Waals surface area (Å²) in [5, 5.41) is 5.85. The summed E-state index contributed by atoms with van der Waals surface area (Å²) in [5.41, 5.74) is -1.71. The minimum Gasteiger partial charge on any atom is -0.370 e. The molecule has 3 saturated heterocycles. The van der Waals surface area contributed by atoms with E-state index >= 15 is 8.78 Å². The molecule has 1 saturated carbocycles. The molecule has 18 heteroatoms. The van der Waals surface area contributed by atoms with E-state index in [4.69, 9.17) is 16.0 Å². The number of piperazine rings is 1. The van der Waals surface area contributed by atoms with Crippen molar-refractivity contribution in [2.45, 2.75) is 63.5 Å². The van der Waals surface area contributed by atoms with E-state index < -0.39 is 96.6 Å². The number of halogens is 2. The molecule has 4 aromatic rings. The summed E-state index contributed by atoms with van der Waals surface area (Å²) < 4.78 is 106. The lowest BCUT2D eigenvalue weighted by Gasteiger charge is -2.40. The molecule has 4 fully saturated rings. The van der Waals surface area contributed by atoms with Crippen molar-refractivity contribution >= 4 is 63.7 Å². The predicted molar refractivity (Wildman–Crippen MR) is 217 cm³/mol. The van der Waals surface area contributed by atoms with Crippen LogP contribution in [0.15, 0.2) is 36.7 Å². The van der Waals surface area contributed by atoms with Crippen molar-refractivity contribution in [1.29, 1.82) is 0 Å². The number of hydrogen-bond acceptors (Lipinski definition) is 12. The molecule has 60 heavy (non-hydrogen) atoms. The molecule has 0 spiro atoms. The molecule has 5 aliphatic rings. The lowest BCUT2D eigenvalue weighted by atomic mass is 9.95. The number of carbonyl (C=O) groups excluding carboxylic acids is 5. The number of pyridine rings is 1. The normalized spacial score (nSPS) is 26.0. The van der Waals surface area contributed by atoms with E-state index in [9.17, 15) is 24.0 Å². The summed E-state index contributed by atoms with van der Waals surface area (Å²) in [6.07, 6.45) is 7.38. The zero-order valence-electron chi connectivity index (χ0n) is 40.8. The van der Waals surface area contributed by atoms with Gasteiger partial charge in [-0.3, -0.25) is 39.1 Å². The van der Waals surface area contributed by atoms with Gasteiger partial charge in [-0.25, -0.2) is 18.7 Å². The van der Waals surface area contributed by atoms with Crippen LogP contribution in [0, 0.1) is 17.6 Å². The quantitative estimate of drug-likeness (QED) is 0.232. The standard InChI is InChI=1S/C42H47F2N11O5/c1-50(2)40(59)31-19-25-21-46-42(49-37(25)54(31)26-5-3-4-6-26)47-32-9-7-27(22-45-32)52-13-11-24(12-14-52)23-51-15-17-53(18-16-51)36-29(43)20-28-34(35(36)44)41(60)55(39(28)58)30-8-10-33(56)48-38(30)57/h7,9,19-22,24,26,30H,3-6,8,10-18,23H2,1-2H3,(H,48,56,57)(H,45,46,47,49)/i15D2,16D2,17D2,18D2. The first kappa shape index (κ1) is 30.9. The predicted octanol–water partition coefficient (Wildman–Crippen LogP) is 4.10. The molecule has 7 heterocycles. The van der Waals surface area contributed by atoms with E-state index in [2.05, 4.69) is 15.3 Å². The van der Waals surface area contributed by atoms with Gasteiger partial charge in [0.25, 0.3) is 17.7 Å². The monoisotopic (exact) mass is 831 g/mol. The molecule has 1 unspecified atom stereocenters. The van der Waals surface area contributed by atoms with Gasteiger partial charge in [-0.05, 0) is 62.3 Å². The molecule has 4 aliphatic heterocycles. The molecule has 2 N–H and O–H groups in total. The third kappa shape index (κ3) is 7.19. The van der Waals surface area contributed by atoms with Gasteiger partial charge >= 0.3 is 0 Å². The van der Waals surface area contributed by atoms with E-state index in [0.717, 1.165) is 36.8 Å². The summed E-state index contributed by atoms with van der Waals surface area (Å²) >= 11 is 0. The van der Waals surface area contributed by atoms with Gasteiger partial charge in [0.05, 0.1) is 28.5 Å². The molecule has 9 rings (SSSR count). The summed E-state index contributed by atoms with van der Waals surface area (Å²) in [7, 11) is 3.42. The molecule has 1 aromatic carbocycles. The highest BCUT2D eigenvalue weighted by molar-refractivity contribution is 6.24. The Balaban J connectivity index is 0.893. The molecule has 314 valence electrons. The Bertz CT molecular complexity index is 2740. The molecule has 1 aliphatic carbocycles. The molecule has 0 radical (unpaired) electrons. The number of carbonyl (C=O) groups is 5. The number of benzene rings is 1. The maximum absolute atomic E-state index is 16.6. The van der Waals surface area contributed by atoms with Crippen LogP contribution in [0.4, 0.5) is 31.9 Å². The average Bonchev–Trinajstić information content (AvgIpc) is 4.00. The fourth-order valence-electron chi connectivity index (χ4n) is 8.61. The fraction of sp³-hybridized carbons (Fsp3) is 0.476. The number of piperidine rings is 2. The van der Waals surface area contributed by atoms with E-state index in [1.54, 1.807) is 32.6 Å². The summed E-state index contributed by atoms with van der Waals surface area (Å²) in [6, 6.07) is 4.29. The minimum atomic E-state index is -3.72. The Morgan fingerprint density at radius 3 is 2.37 bits per heavy atom. The van der Waals surface area contributed by atoms with Gasteiger partial charge in [-0.2, -0.15) is 4.98 Å². The number of hydrogen-bond donors (Lipinski definition) is 2. The van der Waals surface area contributed by atoms with Crippen molar-refractivity contribution in [2.75, 3.05) is 74.8 Å². The average molecular weight is 832 g/mol. The summed E-state index contributed by atoms with van der Waals surface area (Å²) in [5.74, 6) is -8.12. The summed E-state index contributed by atoms with van der Waals surface area (Å²) in [6.45, 7) is -14.1. The molecule has 1 atom stereocenters.